The summed E-state index contributed by atoms with van der Waals surface area (Å²) in [6.07, 6.45) is 0.564. The van der Waals surface area contributed by atoms with Crippen LogP contribution in [0, 0.1) is 6.92 Å². The molecule has 0 amide bonds. The van der Waals surface area contributed by atoms with Gasteiger partial charge < -0.3 is 9.84 Å². The van der Waals surface area contributed by atoms with E-state index in [0.29, 0.717) is 13.0 Å². The first-order valence-electron chi connectivity index (χ1n) is 6.35. The van der Waals surface area contributed by atoms with Gasteiger partial charge in [0.25, 0.3) is 0 Å². The largest absolute Gasteiger partial charge is 0.494 e. The lowest BCUT2D eigenvalue weighted by atomic mass is 10.1. The van der Waals surface area contributed by atoms with Gasteiger partial charge in [-0.3, -0.25) is 9.78 Å². The van der Waals surface area contributed by atoms with Gasteiger partial charge in [-0.15, -0.1) is 0 Å². The minimum absolute atomic E-state index is 0.106. The molecule has 0 aliphatic rings. The average molecular weight is 259 g/mol. The molecule has 1 aromatic carbocycles. The third-order valence-electron chi connectivity index (χ3n) is 2.95. The Bertz CT molecular complexity index is 608. The van der Waals surface area contributed by atoms with Gasteiger partial charge in [0.15, 0.2) is 0 Å². The summed E-state index contributed by atoms with van der Waals surface area (Å²) < 4.78 is 5.47. The number of rotatable bonds is 5. The van der Waals surface area contributed by atoms with Crippen LogP contribution in [0.4, 0.5) is 0 Å². The zero-order chi connectivity index (χ0) is 13.8. The summed E-state index contributed by atoms with van der Waals surface area (Å²) >= 11 is 0. The quantitative estimate of drug-likeness (QED) is 0.896. The summed E-state index contributed by atoms with van der Waals surface area (Å²) in [5.41, 5.74) is 2.78. The fraction of sp³-hybridized carbons (Fsp3) is 0.333. The number of pyridine rings is 1. The van der Waals surface area contributed by atoms with Crippen molar-refractivity contribution in [2.24, 2.45) is 0 Å². The van der Waals surface area contributed by atoms with Gasteiger partial charge in [0.2, 0.25) is 0 Å². The van der Waals surface area contributed by atoms with Crippen molar-refractivity contribution in [1.82, 2.24) is 4.98 Å². The highest BCUT2D eigenvalue weighted by molar-refractivity contribution is 5.83. The van der Waals surface area contributed by atoms with Gasteiger partial charge in [0.05, 0.1) is 18.5 Å². The molecule has 2 aromatic rings. The highest BCUT2D eigenvalue weighted by Gasteiger charge is 2.06. The lowest BCUT2D eigenvalue weighted by Crippen LogP contribution is -2.00. The molecule has 0 saturated carbocycles. The second kappa shape index (κ2) is 5.69. The number of fused-ring (bicyclic) bond motifs is 1. The van der Waals surface area contributed by atoms with Crippen LogP contribution < -0.4 is 4.74 Å². The number of benzene rings is 1. The third-order valence-corrected chi connectivity index (χ3v) is 2.95. The Morgan fingerprint density at radius 2 is 2.16 bits per heavy atom. The Kier molecular flexibility index (Phi) is 4.00. The second-order valence-electron chi connectivity index (χ2n) is 4.44. The topological polar surface area (TPSA) is 59.4 Å². The molecule has 0 spiro atoms. The molecule has 0 bridgehead atoms. The van der Waals surface area contributed by atoms with Crippen LogP contribution in [0.2, 0.25) is 0 Å². The molecule has 0 radical (unpaired) electrons. The number of ether oxygens (including phenoxy) is 1. The highest BCUT2D eigenvalue weighted by Crippen LogP contribution is 2.23. The van der Waals surface area contributed by atoms with Crippen LogP contribution in [0.25, 0.3) is 10.9 Å². The van der Waals surface area contributed by atoms with E-state index in [2.05, 4.69) is 4.98 Å². The van der Waals surface area contributed by atoms with Crippen molar-refractivity contribution in [2.75, 3.05) is 6.61 Å². The number of aryl methyl sites for hydroxylation is 2. The Morgan fingerprint density at radius 1 is 1.37 bits per heavy atom. The number of carboxylic acid groups (broad SMARTS) is 1. The van der Waals surface area contributed by atoms with Crippen LogP contribution in [-0.4, -0.2) is 22.7 Å². The average Bonchev–Trinajstić information content (AvgIpc) is 2.37. The summed E-state index contributed by atoms with van der Waals surface area (Å²) in [4.78, 5) is 15.1. The molecule has 0 fully saturated rings. The van der Waals surface area contributed by atoms with Gasteiger partial charge >= 0.3 is 5.97 Å². The van der Waals surface area contributed by atoms with Crippen molar-refractivity contribution in [3.8, 4) is 5.75 Å². The molecule has 0 aliphatic heterocycles. The summed E-state index contributed by atoms with van der Waals surface area (Å²) in [5, 5.41) is 9.75. The van der Waals surface area contributed by atoms with Gasteiger partial charge in [-0.25, -0.2) is 0 Å². The molecule has 1 N–H and O–H groups in total. The van der Waals surface area contributed by atoms with E-state index in [1.807, 2.05) is 38.1 Å². The van der Waals surface area contributed by atoms with Crippen molar-refractivity contribution in [1.29, 1.82) is 0 Å². The lowest BCUT2D eigenvalue weighted by molar-refractivity contribution is -0.136. The maximum Gasteiger partial charge on any atom is 0.303 e. The van der Waals surface area contributed by atoms with Crippen LogP contribution in [0.3, 0.4) is 0 Å². The van der Waals surface area contributed by atoms with E-state index < -0.39 is 5.97 Å². The fourth-order valence-corrected chi connectivity index (χ4v) is 2.06. The zero-order valence-electron chi connectivity index (χ0n) is 11.1. The van der Waals surface area contributed by atoms with Gasteiger partial charge in [-0.1, -0.05) is 0 Å². The Labute approximate surface area is 112 Å². The van der Waals surface area contributed by atoms with Crippen LogP contribution in [0.15, 0.2) is 24.3 Å². The fourth-order valence-electron chi connectivity index (χ4n) is 2.06. The number of carbonyl (C=O) groups is 1. The maximum atomic E-state index is 10.6. The first-order valence-corrected chi connectivity index (χ1v) is 6.35. The highest BCUT2D eigenvalue weighted by atomic mass is 16.5. The molecular weight excluding hydrogens is 242 g/mol. The molecular formula is C15H17NO3. The second-order valence-corrected chi connectivity index (χ2v) is 4.44. The number of aromatic nitrogens is 1. The predicted octanol–water partition coefficient (Wildman–Crippen LogP) is 2.96. The number of hydrogen-bond donors (Lipinski definition) is 1. The van der Waals surface area contributed by atoms with Crippen LogP contribution in [0.1, 0.15) is 24.6 Å². The van der Waals surface area contributed by atoms with E-state index >= 15 is 0 Å². The van der Waals surface area contributed by atoms with Crippen molar-refractivity contribution < 1.29 is 14.6 Å². The van der Waals surface area contributed by atoms with Crippen molar-refractivity contribution in [3.05, 3.63) is 35.5 Å². The van der Waals surface area contributed by atoms with Crippen LogP contribution in [0.5, 0.6) is 5.75 Å². The number of nitrogens with zero attached hydrogens (tertiary/aromatic N) is 1. The minimum Gasteiger partial charge on any atom is -0.494 e. The molecule has 1 heterocycles. The van der Waals surface area contributed by atoms with E-state index in [4.69, 9.17) is 9.84 Å². The van der Waals surface area contributed by atoms with E-state index in [0.717, 1.165) is 27.9 Å². The smallest absolute Gasteiger partial charge is 0.303 e. The van der Waals surface area contributed by atoms with Gasteiger partial charge in [0, 0.05) is 17.5 Å². The van der Waals surface area contributed by atoms with E-state index in [1.165, 1.54) is 0 Å². The maximum absolute atomic E-state index is 10.6. The third kappa shape index (κ3) is 3.22. The summed E-state index contributed by atoms with van der Waals surface area (Å²) in [6, 6.07) is 7.72. The molecule has 100 valence electrons. The Morgan fingerprint density at radius 3 is 2.84 bits per heavy atom. The zero-order valence-corrected chi connectivity index (χ0v) is 11.1. The van der Waals surface area contributed by atoms with Gasteiger partial charge in [-0.2, -0.15) is 0 Å². The normalized spacial score (nSPS) is 10.6. The Balaban J connectivity index is 2.35. The van der Waals surface area contributed by atoms with E-state index in [9.17, 15) is 4.79 Å². The van der Waals surface area contributed by atoms with Gasteiger partial charge in [0.1, 0.15) is 5.75 Å². The van der Waals surface area contributed by atoms with Crippen LogP contribution >= 0.6 is 0 Å². The summed E-state index contributed by atoms with van der Waals surface area (Å²) in [7, 11) is 0. The monoisotopic (exact) mass is 259 g/mol. The predicted molar refractivity (Wildman–Crippen MR) is 73.6 cm³/mol. The van der Waals surface area contributed by atoms with Gasteiger partial charge in [-0.05, 0) is 43.7 Å². The molecule has 0 saturated heterocycles. The first-order chi connectivity index (χ1) is 9.10. The number of hydrogen-bond acceptors (Lipinski definition) is 3. The Hall–Kier alpha value is -2.10. The lowest BCUT2D eigenvalue weighted by Gasteiger charge is -2.08. The first kappa shape index (κ1) is 13.3. The molecule has 2 rings (SSSR count). The standard InChI is InChI=1S/C15H17NO3/c1-3-19-12-5-6-14-13(9-12)10(2)8-11(16-14)4-7-15(17)18/h5-6,8-9H,3-4,7H2,1-2H3,(H,17,18). The molecule has 0 aliphatic carbocycles. The van der Waals surface area contributed by atoms with E-state index in [1.54, 1.807) is 0 Å². The molecule has 19 heavy (non-hydrogen) atoms. The SMILES string of the molecule is CCOc1ccc2nc(CCC(=O)O)cc(C)c2c1. The molecule has 1 aromatic heterocycles. The summed E-state index contributed by atoms with van der Waals surface area (Å²) in [5.74, 6) is 0.0319. The van der Waals surface area contributed by atoms with Crippen molar-refractivity contribution in [3.63, 3.8) is 0 Å². The number of aliphatic carboxylic acids is 1. The van der Waals surface area contributed by atoms with Crippen molar-refractivity contribution in [2.45, 2.75) is 26.7 Å². The van der Waals surface area contributed by atoms with E-state index in [-0.39, 0.29) is 6.42 Å². The minimum atomic E-state index is -0.800. The summed E-state index contributed by atoms with van der Waals surface area (Å²) in [6.45, 7) is 4.59. The molecule has 4 nitrogen and oxygen atoms in total. The van der Waals surface area contributed by atoms with Crippen LogP contribution in [-0.2, 0) is 11.2 Å². The molecule has 4 heteroatoms. The molecule has 0 atom stereocenters. The molecule has 0 unspecified atom stereocenters. The van der Waals surface area contributed by atoms with Crippen molar-refractivity contribution >= 4 is 16.9 Å². The number of carboxylic acids is 1.